The van der Waals surface area contributed by atoms with Crippen LogP contribution in [0.5, 0.6) is 0 Å². The van der Waals surface area contributed by atoms with Gasteiger partial charge in [-0.05, 0) is 49.3 Å². The first-order valence-corrected chi connectivity index (χ1v) is 7.69. The summed E-state index contributed by atoms with van der Waals surface area (Å²) in [5.74, 6) is 0.678. The number of aliphatic hydroxyl groups is 1. The lowest BCUT2D eigenvalue weighted by molar-refractivity contribution is 0.288. The Morgan fingerprint density at radius 3 is 2.35 bits per heavy atom. The summed E-state index contributed by atoms with van der Waals surface area (Å²) >= 11 is 0. The van der Waals surface area contributed by atoms with Gasteiger partial charge in [-0.3, -0.25) is 0 Å². The number of benzene rings is 1. The number of hydrogen-bond donors (Lipinski definition) is 1. The molecule has 1 saturated carbocycles. The van der Waals surface area contributed by atoms with Crippen molar-refractivity contribution in [2.24, 2.45) is 5.92 Å². The average Bonchev–Trinajstić information content (AvgIpc) is 3.10. The fourth-order valence-corrected chi connectivity index (χ4v) is 3.53. The summed E-state index contributed by atoms with van der Waals surface area (Å²) in [6.45, 7) is 0.168. The Balaban J connectivity index is 2.05. The van der Waals surface area contributed by atoms with Gasteiger partial charge >= 0.3 is 0 Å². The van der Waals surface area contributed by atoms with Gasteiger partial charge in [-0.15, -0.1) is 0 Å². The summed E-state index contributed by atoms with van der Waals surface area (Å²) in [4.78, 5) is 0.428. The normalized spacial score (nSPS) is 16.1. The highest BCUT2D eigenvalue weighted by molar-refractivity contribution is 7.91. The van der Waals surface area contributed by atoms with E-state index in [4.69, 9.17) is 5.11 Å². The van der Waals surface area contributed by atoms with Crippen molar-refractivity contribution in [1.29, 1.82) is 0 Å². The minimum Gasteiger partial charge on any atom is -0.396 e. The third kappa shape index (κ3) is 3.54. The van der Waals surface area contributed by atoms with Crippen LogP contribution >= 0.6 is 0 Å². The number of sulfone groups is 1. The second-order valence-corrected chi connectivity index (χ2v) is 6.73. The van der Waals surface area contributed by atoms with Gasteiger partial charge in [0.1, 0.15) is 0 Å². The maximum absolute atomic E-state index is 12.0. The van der Waals surface area contributed by atoms with Crippen LogP contribution in [0.1, 0.15) is 24.8 Å². The van der Waals surface area contributed by atoms with Gasteiger partial charge in [-0.1, -0.05) is 12.1 Å². The summed E-state index contributed by atoms with van der Waals surface area (Å²) < 4.78 is 23.9. The standard InChI is InChI=1S/C13H18O3S/c14-9-1-2-11-5-7-13(8-6-11)17(15,16)10-12-3-4-12/h5-8,12,14H,1-4,9-10H2. The van der Waals surface area contributed by atoms with Crippen molar-refractivity contribution in [1.82, 2.24) is 0 Å². The number of aryl methyl sites for hydroxylation is 1. The van der Waals surface area contributed by atoms with E-state index in [0.717, 1.165) is 24.8 Å². The molecule has 1 N–H and O–H groups in total. The van der Waals surface area contributed by atoms with E-state index in [-0.39, 0.29) is 6.61 Å². The van der Waals surface area contributed by atoms with Crippen molar-refractivity contribution < 1.29 is 13.5 Å². The van der Waals surface area contributed by atoms with E-state index in [2.05, 4.69) is 0 Å². The Labute approximate surface area is 102 Å². The molecule has 94 valence electrons. The van der Waals surface area contributed by atoms with Gasteiger partial charge in [0.05, 0.1) is 10.6 Å². The predicted octanol–water partition coefficient (Wildman–Crippen LogP) is 1.80. The van der Waals surface area contributed by atoms with Gasteiger partial charge in [-0.25, -0.2) is 8.42 Å². The summed E-state index contributed by atoms with van der Waals surface area (Å²) in [6, 6.07) is 7.06. The van der Waals surface area contributed by atoms with Crippen LogP contribution in [0.3, 0.4) is 0 Å². The fraction of sp³-hybridized carbons (Fsp3) is 0.538. The highest BCUT2D eigenvalue weighted by Gasteiger charge is 2.28. The van der Waals surface area contributed by atoms with Crippen molar-refractivity contribution in [2.75, 3.05) is 12.4 Å². The lowest BCUT2D eigenvalue weighted by atomic mass is 10.1. The zero-order chi connectivity index (χ0) is 12.3. The zero-order valence-corrected chi connectivity index (χ0v) is 10.6. The Morgan fingerprint density at radius 2 is 1.82 bits per heavy atom. The Hall–Kier alpha value is -0.870. The maximum atomic E-state index is 12.0. The molecule has 4 heteroatoms. The summed E-state index contributed by atoms with van der Waals surface area (Å²) in [5.41, 5.74) is 1.07. The zero-order valence-electron chi connectivity index (χ0n) is 9.80. The summed E-state index contributed by atoms with van der Waals surface area (Å²) in [6.07, 6.45) is 3.61. The molecule has 0 heterocycles. The SMILES string of the molecule is O=S(=O)(CC1CC1)c1ccc(CCCO)cc1. The molecule has 0 atom stereocenters. The van der Waals surface area contributed by atoms with Crippen LogP contribution in [0.2, 0.25) is 0 Å². The highest BCUT2D eigenvalue weighted by atomic mass is 32.2. The molecule has 17 heavy (non-hydrogen) atoms. The van der Waals surface area contributed by atoms with Crippen LogP contribution in [0.15, 0.2) is 29.2 Å². The summed E-state index contributed by atoms with van der Waals surface area (Å²) in [5, 5.41) is 8.72. The van der Waals surface area contributed by atoms with Crippen molar-refractivity contribution in [2.45, 2.75) is 30.6 Å². The van der Waals surface area contributed by atoms with Gasteiger partial charge < -0.3 is 5.11 Å². The van der Waals surface area contributed by atoms with Gasteiger partial charge in [-0.2, -0.15) is 0 Å². The van der Waals surface area contributed by atoms with Crippen LogP contribution in [-0.2, 0) is 16.3 Å². The number of aliphatic hydroxyl groups excluding tert-OH is 1. The molecule has 0 aliphatic heterocycles. The van der Waals surface area contributed by atoms with E-state index >= 15 is 0 Å². The summed E-state index contributed by atoms with van der Waals surface area (Å²) in [7, 11) is -3.08. The van der Waals surface area contributed by atoms with E-state index in [1.54, 1.807) is 12.1 Å². The molecule has 1 aromatic carbocycles. The second kappa shape index (κ2) is 5.19. The van der Waals surface area contributed by atoms with Crippen molar-refractivity contribution in [3.8, 4) is 0 Å². The van der Waals surface area contributed by atoms with E-state index in [1.165, 1.54) is 0 Å². The minimum atomic E-state index is -3.08. The quantitative estimate of drug-likeness (QED) is 0.842. The smallest absolute Gasteiger partial charge is 0.178 e. The molecule has 1 aliphatic carbocycles. The molecule has 0 spiro atoms. The van der Waals surface area contributed by atoms with Gasteiger partial charge in [0.15, 0.2) is 9.84 Å². The predicted molar refractivity (Wildman–Crippen MR) is 66.6 cm³/mol. The molecule has 2 rings (SSSR count). The molecule has 1 aliphatic rings. The van der Waals surface area contributed by atoms with Gasteiger partial charge in [0.2, 0.25) is 0 Å². The lowest BCUT2D eigenvalue weighted by Gasteiger charge is -2.05. The topological polar surface area (TPSA) is 54.4 Å². The van der Waals surface area contributed by atoms with Crippen LogP contribution in [0, 0.1) is 5.92 Å². The van der Waals surface area contributed by atoms with E-state index in [1.807, 2.05) is 12.1 Å². The Bertz CT molecular complexity index is 458. The number of rotatable bonds is 6. The first kappa shape index (κ1) is 12.6. The van der Waals surface area contributed by atoms with Crippen molar-refractivity contribution >= 4 is 9.84 Å². The van der Waals surface area contributed by atoms with Crippen LogP contribution in [0.4, 0.5) is 0 Å². The maximum Gasteiger partial charge on any atom is 0.178 e. The molecule has 0 bridgehead atoms. The fourth-order valence-electron chi connectivity index (χ4n) is 1.84. The third-order valence-corrected chi connectivity index (χ3v) is 4.96. The van der Waals surface area contributed by atoms with Crippen LogP contribution in [0.25, 0.3) is 0 Å². The molecule has 0 amide bonds. The molecule has 0 aromatic heterocycles. The van der Waals surface area contributed by atoms with E-state index in [0.29, 0.717) is 23.0 Å². The van der Waals surface area contributed by atoms with E-state index < -0.39 is 9.84 Å². The van der Waals surface area contributed by atoms with Crippen LogP contribution < -0.4 is 0 Å². The molecule has 0 saturated heterocycles. The Morgan fingerprint density at radius 1 is 1.18 bits per heavy atom. The first-order chi connectivity index (χ1) is 8.12. The molecule has 3 nitrogen and oxygen atoms in total. The third-order valence-electron chi connectivity index (χ3n) is 3.06. The minimum absolute atomic E-state index is 0.168. The van der Waals surface area contributed by atoms with Gasteiger partial charge in [0.25, 0.3) is 0 Å². The first-order valence-electron chi connectivity index (χ1n) is 6.04. The highest BCUT2D eigenvalue weighted by Crippen LogP contribution is 2.32. The molecule has 0 radical (unpaired) electrons. The van der Waals surface area contributed by atoms with Crippen LogP contribution in [-0.4, -0.2) is 25.9 Å². The van der Waals surface area contributed by atoms with E-state index in [9.17, 15) is 8.42 Å². The molecule has 0 unspecified atom stereocenters. The van der Waals surface area contributed by atoms with Crippen molar-refractivity contribution in [3.05, 3.63) is 29.8 Å². The Kier molecular flexibility index (Phi) is 3.84. The molecule has 1 fully saturated rings. The molecule has 1 aromatic rings. The molecular weight excluding hydrogens is 236 g/mol. The van der Waals surface area contributed by atoms with Crippen molar-refractivity contribution in [3.63, 3.8) is 0 Å². The largest absolute Gasteiger partial charge is 0.396 e. The lowest BCUT2D eigenvalue weighted by Crippen LogP contribution is -2.08. The number of hydrogen-bond acceptors (Lipinski definition) is 3. The second-order valence-electron chi connectivity index (χ2n) is 4.70. The average molecular weight is 254 g/mol. The molecular formula is C13H18O3S. The monoisotopic (exact) mass is 254 g/mol. The van der Waals surface area contributed by atoms with Gasteiger partial charge in [0, 0.05) is 6.61 Å².